The zero-order chi connectivity index (χ0) is 12.1. The average molecular weight is 273 g/mol. The van der Waals surface area contributed by atoms with Crippen LogP contribution in [-0.2, 0) is 6.54 Å². The van der Waals surface area contributed by atoms with Crippen molar-refractivity contribution in [2.75, 3.05) is 13.1 Å². The third kappa shape index (κ3) is 4.13. The van der Waals surface area contributed by atoms with Crippen LogP contribution in [0.2, 0.25) is 10.2 Å². The Bertz CT molecular complexity index is 360. The molecule has 1 aromatic heterocycles. The fourth-order valence-corrected chi connectivity index (χ4v) is 2.69. The summed E-state index contributed by atoms with van der Waals surface area (Å²) >= 11 is 12.0. The van der Waals surface area contributed by atoms with Crippen molar-refractivity contribution in [1.29, 1.82) is 0 Å². The van der Waals surface area contributed by atoms with Crippen LogP contribution in [0.5, 0.6) is 0 Å². The van der Waals surface area contributed by atoms with Crippen LogP contribution in [0.25, 0.3) is 0 Å². The number of likely N-dealkylation sites (tertiary alicyclic amines) is 1. The van der Waals surface area contributed by atoms with E-state index in [2.05, 4.69) is 9.88 Å². The largest absolute Gasteiger partial charge is 0.299 e. The predicted molar refractivity (Wildman–Crippen MR) is 72.6 cm³/mol. The summed E-state index contributed by atoms with van der Waals surface area (Å²) in [5.41, 5.74) is 1.08. The Hall–Kier alpha value is -0.310. The second-order valence-electron chi connectivity index (χ2n) is 4.64. The maximum atomic E-state index is 6.17. The quantitative estimate of drug-likeness (QED) is 0.752. The summed E-state index contributed by atoms with van der Waals surface area (Å²) in [7, 11) is 0. The maximum Gasteiger partial charge on any atom is 0.130 e. The van der Waals surface area contributed by atoms with E-state index in [1.54, 1.807) is 12.3 Å². The Balaban J connectivity index is 1.98. The molecule has 0 spiro atoms. The summed E-state index contributed by atoms with van der Waals surface area (Å²) < 4.78 is 0. The van der Waals surface area contributed by atoms with Crippen molar-refractivity contribution in [3.05, 3.63) is 28.0 Å². The van der Waals surface area contributed by atoms with Crippen molar-refractivity contribution in [3.63, 3.8) is 0 Å². The number of hydrogen-bond acceptors (Lipinski definition) is 2. The van der Waals surface area contributed by atoms with Crippen LogP contribution in [-0.4, -0.2) is 23.0 Å². The number of nitrogens with zero attached hydrogens (tertiary/aromatic N) is 2. The van der Waals surface area contributed by atoms with E-state index in [0.717, 1.165) is 17.1 Å². The second-order valence-corrected chi connectivity index (χ2v) is 5.44. The van der Waals surface area contributed by atoms with Gasteiger partial charge in [-0.1, -0.05) is 42.5 Å². The SMILES string of the molecule is Clc1cc(Cl)c(CN2CCCCCCC2)cn1. The molecule has 0 N–H and O–H groups in total. The first-order valence-corrected chi connectivity index (χ1v) is 7.03. The second kappa shape index (κ2) is 6.58. The lowest BCUT2D eigenvalue weighted by Gasteiger charge is -2.24. The number of hydrogen-bond donors (Lipinski definition) is 0. The Kier molecular flexibility index (Phi) is 5.08. The molecule has 17 heavy (non-hydrogen) atoms. The molecule has 0 amide bonds. The van der Waals surface area contributed by atoms with Gasteiger partial charge in [0.1, 0.15) is 5.15 Å². The predicted octanol–water partition coefficient (Wildman–Crippen LogP) is 4.15. The summed E-state index contributed by atoms with van der Waals surface area (Å²) in [6, 6.07) is 1.72. The lowest BCUT2D eigenvalue weighted by atomic mass is 10.1. The first-order valence-electron chi connectivity index (χ1n) is 6.28. The van der Waals surface area contributed by atoms with Crippen molar-refractivity contribution in [2.45, 2.75) is 38.6 Å². The topological polar surface area (TPSA) is 16.1 Å². The molecular weight excluding hydrogens is 255 g/mol. The van der Waals surface area contributed by atoms with E-state index >= 15 is 0 Å². The number of pyridine rings is 1. The van der Waals surface area contributed by atoms with Crippen LogP contribution >= 0.6 is 23.2 Å². The van der Waals surface area contributed by atoms with Gasteiger partial charge in [-0.2, -0.15) is 0 Å². The van der Waals surface area contributed by atoms with Gasteiger partial charge in [-0.05, 0) is 32.0 Å². The van der Waals surface area contributed by atoms with Crippen molar-refractivity contribution in [1.82, 2.24) is 9.88 Å². The first-order chi connectivity index (χ1) is 8.25. The minimum absolute atomic E-state index is 0.464. The molecule has 0 radical (unpaired) electrons. The molecule has 0 aromatic carbocycles. The minimum atomic E-state index is 0.464. The third-order valence-electron chi connectivity index (χ3n) is 3.24. The highest BCUT2D eigenvalue weighted by Gasteiger charge is 2.11. The van der Waals surface area contributed by atoms with Gasteiger partial charge < -0.3 is 0 Å². The molecule has 0 bridgehead atoms. The van der Waals surface area contributed by atoms with E-state index in [0.29, 0.717) is 5.15 Å². The van der Waals surface area contributed by atoms with Crippen molar-refractivity contribution in [3.8, 4) is 0 Å². The smallest absolute Gasteiger partial charge is 0.130 e. The van der Waals surface area contributed by atoms with Gasteiger partial charge in [0.25, 0.3) is 0 Å². The number of rotatable bonds is 2. The molecule has 94 valence electrons. The van der Waals surface area contributed by atoms with Crippen LogP contribution < -0.4 is 0 Å². The first kappa shape index (κ1) is 13.1. The molecule has 0 saturated carbocycles. The van der Waals surface area contributed by atoms with Crippen LogP contribution in [0.1, 0.15) is 37.7 Å². The number of aromatic nitrogens is 1. The maximum absolute atomic E-state index is 6.17. The third-order valence-corrected chi connectivity index (χ3v) is 3.80. The lowest BCUT2D eigenvalue weighted by molar-refractivity contribution is 0.239. The van der Waals surface area contributed by atoms with E-state index in [4.69, 9.17) is 23.2 Å². The standard InChI is InChI=1S/C13H18Cl2N2/c14-12-8-13(15)16-9-11(12)10-17-6-4-2-1-3-5-7-17/h8-9H,1-7,10H2. The molecular formula is C13H18Cl2N2. The molecule has 0 atom stereocenters. The molecule has 1 aliphatic heterocycles. The molecule has 4 heteroatoms. The fourth-order valence-electron chi connectivity index (χ4n) is 2.26. The highest BCUT2D eigenvalue weighted by molar-refractivity contribution is 6.34. The summed E-state index contributed by atoms with van der Waals surface area (Å²) in [5.74, 6) is 0. The zero-order valence-corrected chi connectivity index (χ0v) is 11.5. The van der Waals surface area contributed by atoms with Gasteiger partial charge in [0.05, 0.1) is 0 Å². The lowest BCUT2D eigenvalue weighted by Crippen LogP contribution is -2.27. The molecule has 2 rings (SSSR count). The van der Waals surface area contributed by atoms with Gasteiger partial charge in [0.2, 0.25) is 0 Å². The Labute approximate surface area is 113 Å². The molecule has 1 fully saturated rings. The van der Waals surface area contributed by atoms with E-state index in [1.165, 1.54) is 45.2 Å². The Morgan fingerprint density at radius 3 is 2.35 bits per heavy atom. The van der Waals surface area contributed by atoms with Gasteiger partial charge in [-0.25, -0.2) is 4.98 Å². The van der Waals surface area contributed by atoms with E-state index in [-0.39, 0.29) is 0 Å². The van der Waals surface area contributed by atoms with Gasteiger partial charge in [0.15, 0.2) is 0 Å². The molecule has 0 unspecified atom stereocenters. The molecule has 1 aliphatic rings. The van der Waals surface area contributed by atoms with Crippen molar-refractivity contribution in [2.24, 2.45) is 0 Å². The highest BCUT2D eigenvalue weighted by Crippen LogP contribution is 2.21. The highest BCUT2D eigenvalue weighted by atomic mass is 35.5. The molecule has 1 aromatic rings. The molecule has 1 saturated heterocycles. The summed E-state index contributed by atoms with van der Waals surface area (Å²) in [5, 5.41) is 1.19. The monoisotopic (exact) mass is 272 g/mol. The van der Waals surface area contributed by atoms with E-state index < -0.39 is 0 Å². The van der Waals surface area contributed by atoms with Gasteiger partial charge in [-0.3, -0.25) is 4.90 Å². The minimum Gasteiger partial charge on any atom is -0.299 e. The Morgan fingerprint density at radius 1 is 1.06 bits per heavy atom. The molecule has 2 heterocycles. The van der Waals surface area contributed by atoms with Gasteiger partial charge >= 0.3 is 0 Å². The summed E-state index contributed by atoms with van der Waals surface area (Å²) in [6.07, 6.45) is 8.46. The van der Waals surface area contributed by atoms with E-state index in [1.807, 2.05) is 0 Å². The zero-order valence-electron chi connectivity index (χ0n) is 9.96. The average Bonchev–Trinajstić information content (AvgIpc) is 2.25. The summed E-state index contributed by atoms with van der Waals surface area (Å²) in [4.78, 5) is 6.57. The number of halogens is 2. The fraction of sp³-hybridized carbons (Fsp3) is 0.615. The van der Waals surface area contributed by atoms with Gasteiger partial charge in [-0.15, -0.1) is 0 Å². The van der Waals surface area contributed by atoms with Crippen LogP contribution in [0.4, 0.5) is 0 Å². The van der Waals surface area contributed by atoms with Crippen molar-refractivity contribution < 1.29 is 0 Å². The van der Waals surface area contributed by atoms with Crippen LogP contribution in [0.15, 0.2) is 12.3 Å². The summed E-state index contributed by atoms with van der Waals surface area (Å²) in [6.45, 7) is 3.22. The Morgan fingerprint density at radius 2 is 1.71 bits per heavy atom. The molecule has 2 nitrogen and oxygen atoms in total. The van der Waals surface area contributed by atoms with Crippen LogP contribution in [0.3, 0.4) is 0 Å². The normalized spacial score (nSPS) is 18.7. The van der Waals surface area contributed by atoms with E-state index in [9.17, 15) is 0 Å². The van der Waals surface area contributed by atoms with Crippen LogP contribution in [0, 0.1) is 0 Å². The van der Waals surface area contributed by atoms with Gasteiger partial charge in [0, 0.05) is 23.3 Å². The molecule has 0 aliphatic carbocycles. The van der Waals surface area contributed by atoms with Crippen molar-refractivity contribution >= 4 is 23.2 Å².